The number of halogens is 1. The lowest BCUT2D eigenvalue weighted by Gasteiger charge is -2.41. The van der Waals surface area contributed by atoms with Gasteiger partial charge in [-0.3, -0.25) is 0 Å². The molecule has 3 N–H and O–H groups in total. The van der Waals surface area contributed by atoms with Crippen LogP contribution in [0.1, 0.15) is 32.1 Å². The molecule has 0 aliphatic carbocycles. The van der Waals surface area contributed by atoms with Crippen molar-refractivity contribution >= 4 is 54.8 Å². The van der Waals surface area contributed by atoms with Crippen molar-refractivity contribution in [2.24, 2.45) is 0 Å². The summed E-state index contributed by atoms with van der Waals surface area (Å²) in [6.45, 7) is 4.56. The first-order valence-electron chi connectivity index (χ1n) is 13.6. The van der Waals surface area contributed by atoms with Crippen LogP contribution < -0.4 is 25.0 Å². The number of aromatic nitrogens is 2. The molecular weight excluding hydrogens is 594 g/mol. The Morgan fingerprint density at radius 1 is 0.975 bits per heavy atom. The maximum Gasteiger partial charge on any atom is 0.242 e. The van der Waals surface area contributed by atoms with Crippen molar-refractivity contribution in [2.45, 2.75) is 43.0 Å². The number of rotatable bonds is 9. The molecule has 3 heterocycles. The van der Waals surface area contributed by atoms with Crippen molar-refractivity contribution in [3.8, 4) is 5.75 Å². The molecule has 0 amide bonds. The van der Waals surface area contributed by atoms with Gasteiger partial charge in [0.05, 0.1) is 23.0 Å². The van der Waals surface area contributed by atoms with Crippen LogP contribution in [0.5, 0.6) is 5.75 Å². The third-order valence-corrected chi connectivity index (χ3v) is 9.66. The fraction of sp³-hybridized carbons (Fsp3) is 0.429. The summed E-state index contributed by atoms with van der Waals surface area (Å²) in [6.07, 6.45) is 8.01. The van der Waals surface area contributed by atoms with E-state index < -0.39 is 10.0 Å². The summed E-state index contributed by atoms with van der Waals surface area (Å²) in [5.74, 6) is 1.46. The van der Waals surface area contributed by atoms with Gasteiger partial charge in [0.2, 0.25) is 16.0 Å². The molecule has 0 radical (unpaired) electrons. The standard InChI is InChI=1S/C28H36BrN7O3S/c1-30-40(37,38)26-9-5-4-8-24(26)32-27-22(29)19-31-28(34-27)33-23-11-10-21(18-25(23)39-2)36-16-12-20(13-17-36)35-14-6-3-7-15-35/h4-5,8-11,18-20,30H,3,6-7,12-17H2,1-2H3,(H2,31,32,33,34). The second kappa shape index (κ2) is 12.7. The number of sulfonamides is 1. The summed E-state index contributed by atoms with van der Waals surface area (Å²) in [6, 6.07) is 13.5. The number of nitrogens with one attached hydrogen (secondary N) is 3. The zero-order valence-electron chi connectivity index (χ0n) is 22.9. The normalized spacial score (nSPS) is 17.0. The molecule has 2 saturated heterocycles. The second-order valence-electron chi connectivity index (χ2n) is 10.0. The maximum absolute atomic E-state index is 12.5. The van der Waals surface area contributed by atoms with E-state index in [9.17, 15) is 8.42 Å². The van der Waals surface area contributed by atoms with Crippen molar-refractivity contribution in [3.05, 3.63) is 53.1 Å². The first-order valence-corrected chi connectivity index (χ1v) is 15.9. The van der Waals surface area contributed by atoms with Gasteiger partial charge in [-0.25, -0.2) is 18.1 Å². The van der Waals surface area contributed by atoms with E-state index in [0.29, 0.717) is 33.7 Å². The Labute approximate surface area is 244 Å². The number of likely N-dealkylation sites (tertiary alicyclic amines) is 1. The number of nitrogens with zero attached hydrogens (tertiary/aromatic N) is 4. The molecule has 12 heteroatoms. The van der Waals surface area contributed by atoms with Gasteiger partial charge in [0.25, 0.3) is 0 Å². The molecule has 0 atom stereocenters. The highest BCUT2D eigenvalue weighted by molar-refractivity contribution is 9.10. The van der Waals surface area contributed by atoms with Gasteiger partial charge in [-0.1, -0.05) is 18.6 Å². The smallest absolute Gasteiger partial charge is 0.242 e. The van der Waals surface area contributed by atoms with E-state index in [1.165, 1.54) is 58.3 Å². The van der Waals surface area contributed by atoms with Gasteiger partial charge in [-0.15, -0.1) is 0 Å². The van der Waals surface area contributed by atoms with Crippen LogP contribution in [0.2, 0.25) is 0 Å². The molecule has 214 valence electrons. The predicted octanol–water partition coefficient (Wildman–Crippen LogP) is 5.10. The van der Waals surface area contributed by atoms with Crippen molar-refractivity contribution in [1.29, 1.82) is 0 Å². The van der Waals surface area contributed by atoms with Crippen molar-refractivity contribution < 1.29 is 13.2 Å². The number of piperidine rings is 2. The third kappa shape index (κ3) is 6.51. The van der Waals surface area contributed by atoms with Crippen LogP contribution in [-0.4, -0.2) is 69.7 Å². The molecule has 2 fully saturated rings. The van der Waals surface area contributed by atoms with Gasteiger partial charge < -0.3 is 25.2 Å². The number of anilines is 5. The van der Waals surface area contributed by atoms with Gasteiger partial charge in [-0.05, 0) is 86.0 Å². The van der Waals surface area contributed by atoms with E-state index in [2.05, 4.69) is 63.2 Å². The van der Waals surface area contributed by atoms with Crippen LogP contribution in [0.4, 0.5) is 28.8 Å². The van der Waals surface area contributed by atoms with Crippen LogP contribution in [0, 0.1) is 0 Å². The zero-order valence-corrected chi connectivity index (χ0v) is 25.3. The van der Waals surface area contributed by atoms with Crippen LogP contribution in [0.3, 0.4) is 0 Å². The molecule has 2 aromatic carbocycles. The van der Waals surface area contributed by atoms with Gasteiger partial charge in [-0.2, -0.15) is 4.98 Å². The van der Waals surface area contributed by atoms with E-state index in [1.807, 2.05) is 6.07 Å². The Hall–Kier alpha value is -2.93. The van der Waals surface area contributed by atoms with Crippen molar-refractivity contribution in [1.82, 2.24) is 19.6 Å². The van der Waals surface area contributed by atoms with Gasteiger partial charge in [0, 0.05) is 37.1 Å². The quantitative estimate of drug-likeness (QED) is 0.298. The van der Waals surface area contributed by atoms with E-state index in [-0.39, 0.29) is 4.90 Å². The molecule has 3 aromatic rings. The first-order chi connectivity index (χ1) is 19.4. The Kier molecular flexibility index (Phi) is 9.09. The highest BCUT2D eigenvalue weighted by Gasteiger charge is 2.26. The van der Waals surface area contributed by atoms with Gasteiger partial charge >= 0.3 is 0 Å². The monoisotopic (exact) mass is 629 g/mol. The SMILES string of the molecule is CNS(=O)(=O)c1ccccc1Nc1nc(Nc2ccc(N3CCC(N4CCCCC4)CC3)cc2OC)ncc1Br. The third-order valence-electron chi connectivity index (χ3n) is 7.61. The minimum Gasteiger partial charge on any atom is -0.494 e. The highest BCUT2D eigenvalue weighted by atomic mass is 79.9. The number of ether oxygens (including phenoxy) is 1. The molecule has 5 rings (SSSR count). The fourth-order valence-corrected chi connectivity index (χ4v) is 6.61. The Bertz CT molecular complexity index is 1430. The average Bonchev–Trinajstić information content (AvgIpc) is 3.00. The summed E-state index contributed by atoms with van der Waals surface area (Å²) in [5, 5.41) is 6.37. The number of hydrogen-bond donors (Lipinski definition) is 3. The summed E-state index contributed by atoms with van der Waals surface area (Å²) in [4.78, 5) is 14.2. The molecule has 40 heavy (non-hydrogen) atoms. The highest BCUT2D eigenvalue weighted by Crippen LogP contribution is 2.34. The Balaban J connectivity index is 1.29. The molecule has 1 aromatic heterocycles. The topological polar surface area (TPSA) is 112 Å². The number of para-hydroxylation sites is 1. The summed E-state index contributed by atoms with van der Waals surface area (Å²) in [7, 11) is -0.628. The van der Waals surface area contributed by atoms with Crippen LogP contribution in [0.15, 0.2) is 58.0 Å². The van der Waals surface area contributed by atoms with Crippen LogP contribution in [0.25, 0.3) is 0 Å². The molecule has 0 saturated carbocycles. The van der Waals surface area contributed by atoms with Gasteiger partial charge in [0.1, 0.15) is 16.5 Å². The molecule has 2 aliphatic rings. The summed E-state index contributed by atoms with van der Waals surface area (Å²) in [5.41, 5.74) is 2.27. The van der Waals surface area contributed by atoms with Crippen LogP contribution in [-0.2, 0) is 10.0 Å². The van der Waals surface area contributed by atoms with Crippen molar-refractivity contribution in [2.75, 3.05) is 55.9 Å². The minimum atomic E-state index is -3.66. The van der Waals surface area contributed by atoms with Crippen LogP contribution >= 0.6 is 15.9 Å². The molecule has 0 unspecified atom stereocenters. The number of methoxy groups -OCH3 is 1. The van der Waals surface area contributed by atoms with E-state index in [4.69, 9.17) is 4.74 Å². The molecule has 0 spiro atoms. The van der Waals surface area contributed by atoms with E-state index in [0.717, 1.165) is 24.5 Å². The summed E-state index contributed by atoms with van der Waals surface area (Å²) < 4.78 is 33.6. The summed E-state index contributed by atoms with van der Waals surface area (Å²) >= 11 is 3.46. The molecule has 2 aliphatic heterocycles. The van der Waals surface area contributed by atoms with Crippen molar-refractivity contribution in [3.63, 3.8) is 0 Å². The average molecular weight is 631 g/mol. The van der Waals surface area contributed by atoms with Gasteiger partial charge in [0.15, 0.2) is 0 Å². The van der Waals surface area contributed by atoms with E-state index in [1.54, 1.807) is 31.5 Å². The maximum atomic E-state index is 12.5. The lowest BCUT2D eigenvalue weighted by molar-refractivity contribution is 0.141. The molecular formula is C28H36BrN7O3S. The lowest BCUT2D eigenvalue weighted by atomic mass is 9.99. The van der Waals surface area contributed by atoms with E-state index >= 15 is 0 Å². The number of benzene rings is 2. The zero-order chi connectivity index (χ0) is 28.1. The number of hydrogen-bond acceptors (Lipinski definition) is 9. The first kappa shape index (κ1) is 28.6. The molecule has 10 nitrogen and oxygen atoms in total. The minimum absolute atomic E-state index is 0.120. The lowest BCUT2D eigenvalue weighted by Crippen LogP contribution is -2.46. The Morgan fingerprint density at radius 2 is 1.73 bits per heavy atom. The Morgan fingerprint density at radius 3 is 2.45 bits per heavy atom. The second-order valence-corrected chi connectivity index (χ2v) is 12.8. The predicted molar refractivity (Wildman–Crippen MR) is 163 cm³/mol. The largest absolute Gasteiger partial charge is 0.494 e. The molecule has 0 bridgehead atoms. The fourth-order valence-electron chi connectivity index (χ4n) is 5.43.